The van der Waals surface area contributed by atoms with Gasteiger partial charge in [-0.1, -0.05) is 42.5 Å². The number of aliphatic carboxylic acids is 1. The molecule has 0 saturated carbocycles. The second-order valence-electron chi connectivity index (χ2n) is 4.99. The molecule has 0 aliphatic heterocycles. The van der Waals surface area contributed by atoms with Crippen LogP contribution in [0, 0.1) is 0 Å². The monoisotopic (exact) mass is 291 g/mol. The summed E-state index contributed by atoms with van der Waals surface area (Å²) in [5.74, 6) is -1.96. The van der Waals surface area contributed by atoms with Crippen LogP contribution in [-0.4, -0.2) is 17.0 Å². The quantitative estimate of drug-likeness (QED) is 0.575. The highest BCUT2D eigenvalue weighted by Crippen LogP contribution is 2.29. The van der Waals surface area contributed by atoms with Crippen molar-refractivity contribution in [2.45, 2.75) is 0 Å². The van der Waals surface area contributed by atoms with E-state index in [1.54, 1.807) is 12.1 Å². The Balaban J connectivity index is 2.36. The van der Waals surface area contributed by atoms with Gasteiger partial charge < -0.3 is 10.8 Å². The zero-order valence-corrected chi connectivity index (χ0v) is 11.6. The topological polar surface area (TPSA) is 80.4 Å². The predicted molar refractivity (Wildman–Crippen MR) is 86.3 cm³/mol. The van der Waals surface area contributed by atoms with E-state index in [1.165, 1.54) is 0 Å². The van der Waals surface area contributed by atoms with Crippen molar-refractivity contribution in [1.82, 2.24) is 0 Å². The van der Waals surface area contributed by atoms with E-state index in [1.807, 2.05) is 42.5 Å². The van der Waals surface area contributed by atoms with Crippen molar-refractivity contribution >= 4 is 39.0 Å². The van der Waals surface area contributed by atoms with Crippen LogP contribution in [0.2, 0.25) is 0 Å². The van der Waals surface area contributed by atoms with Crippen LogP contribution in [0.4, 0.5) is 0 Å². The SMILES string of the molecule is NC(=O)C=C(C(=O)O)c1cccc2cc3ccccc3cc12. The number of carboxylic acid groups (broad SMARTS) is 1. The van der Waals surface area contributed by atoms with Crippen molar-refractivity contribution in [2.75, 3.05) is 0 Å². The molecule has 22 heavy (non-hydrogen) atoms. The number of primary amides is 1. The summed E-state index contributed by atoms with van der Waals surface area (Å²) in [7, 11) is 0. The molecule has 3 rings (SSSR count). The molecular formula is C18H13NO3. The molecule has 0 aliphatic rings. The van der Waals surface area contributed by atoms with Crippen molar-refractivity contribution in [3.63, 3.8) is 0 Å². The molecule has 0 aromatic heterocycles. The number of nitrogens with two attached hydrogens (primary N) is 1. The molecular weight excluding hydrogens is 278 g/mol. The molecule has 0 bridgehead atoms. The maximum Gasteiger partial charge on any atom is 0.336 e. The van der Waals surface area contributed by atoms with Crippen LogP contribution < -0.4 is 5.73 Å². The zero-order valence-electron chi connectivity index (χ0n) is 11.6. The Morgan fingerprint density at radius 3 is 2.18 bits per heavy atom. The molecule has 0 radical (unpaired) electrons. The lowest BCUT2D eigenvalue weighted by molar-refractivity contribution is -0.130. The van der Waals surface area contributed by atoms with Gasteiger partial charge in [0.1, 0.15) is 0 Å². The van der Waals surface area contributed by atoms with E-state index in [2.05, 4.69) is 0 Å². The molecule has 0 heterocycles. The highest BCUT2D eigenvalue weighted by Gasteiger charge is 2.15. The molecule has 0 fully saturated rings. The fraction of sp³-hybridized carbons (Fsp3) is 0. The van der Waals surface area contributed by atoms with E-state index in [-0.39, 0.29) is 5.57 Å². The van der Waals surface area contributed by atoms with E-state index < -0.39 is 11.9 Å². The normalized spacial score (nSPS) is 11.7. The second kappa shape index (κ2) is 5.33. The Hall–Kier alpha value is -3.14. The highest BCUT2D eigenvalue weighted by molar-refractivity contribution is 6.23. The minimum atomic E-state index is -1.18. The Labute approximate surface area is 126 Å². The fourth-order valence-corrected chi connectivity index (χ4v) is 2.60. The fourth-order valence-electron chi connectivity index (χ4n) is 2.60. The Morgan fingerprint density at radius 1 is 0.909 bits per heavy atom. The number of amides is 1. The number of carbonyl (C=O) groups excluding carboxylic acids is 1. The smallest absolute Gasteiger partial charge is 0.336 e. The van der Waals surface area contributed by atoms with Gasteiger partial charge in [-0.15, -0.1) is 0 Å². The maximum atomic E-state index is 11.5. The zero-order chi connectivity index (χ0) is 15.7. The van der Waals surface area contributed by atoms with Gasteiger partial charge in [-0.3, -0.25) is 4.79 Å². The van der Waals surface area contributed by atoms with Crippen LogP contribution in [0.15, 0.2) is 60.7 Å². The lowest BCUT2D eigenvalue weighted by Crippen LogP contribution is -2.10. The van der Waals surface area contributed by atoms with Crippen molar-refractivity contribution in [3.8, 4) is 0 Å². The van der Waals surface area contributed by atoms with Crippen molar-refractivity contribution in [2.24, 2.45) is 5.73 Å². The van der Waals surface area contributed by atoms with Crippen LogP contribution in [0.25, 0.3) is 27.1 Å². The first-order valence-electron chi connectivity index (χ1n) is 6.72. The molecule has 0 spiro atoms. The molecule has 3 aromatic rings. The standard InChI is InChI=1S/C18H13NO3/c19-17(20)10-16(18(21)22)14-7-3-6-13-8-11-4-1-2-5-12(11)9-15(13)14/h1-10H,(H2,19,20)(H,21,22). The van der Waals surface area contributed by atoms with Crippen LogP contribution in [0.1, 0.15) is 5.56 Å². The summed E-state index contributed by atoms with van der Waals surface area (Å²) in [6.07, 6.45) is 0.951. The molecule has 3 N–H and O–H groups in total. The number of rotatable bonds is 3. The molecule has 4 heteroatoms. The summed E-state index contributed by atoms with van der Waals surface area (Å²) >= 11 is 0. The van der Waals surface area contributed by atoms with Gasteiger partial charge >= 0.3 is 5.97 Å². The van der Waals surface area contributed by atoms with E-state index in [4.69, 9.17) is 5.73 Å². The first-order chi connectivity index (χ1) is 10.6. The number of hydrogen-bond acceptors (Lipinski definition) is 2. The first kappa shape index (κ1) is 13.8. The van der Waals surface area contributed by atoms with E-state index in [0.717, 1.165) is 27.6 Å². The number of hydrogen-bond donors (Lipinski definition) is 2. The van der Waals surface area contributed by atoms with E-state index >= 15 is 0 Å². The molecule has 0 atom stereocenters. The second-order valence-corrected chi connectivity index (χ2v) is 4.99. The van der Waals surface area contributed by atoms with E-state index in [9.17, 15) is 14.7 Å². The van der Waals surface area contributed by atoms with Gasteiger partial charge in [0.05, 0.1) is 5.57 Å². The third-order valence-corrected chi connectivity index (χ3v) is 3.55. The summed E-state index contributed by atoms with van der Waals surface area (Å²) < 4.78 is 0. The first-order valence-corrected chi connectivity index (χ1v) is 6.72. The summed E-state index contributed by atoms with van der Waals surface area (Å²) in [5.41, 5.74) is 5.50. The number of carboxylic acids is 1. The number of carbonyl (C=O) groups is 2. The largest absolute Gasteiger partial charge is 0.478 e. The minimum absolute atomic E-state index is 0.103. The lowest BCUT2D eigenvalue weighted by atomic mass is 9.95. The molecule has 0 aliphatic carbocycles. The van der Waals surface area contributed by atoms with Crippen LogP contribution in [0.5, 0.6) is 0 Å². The Kier molecular flexibility index (Phi) is 3.35. The minimum Gasteiger partial charge on any atom is -0.478 e. The maximum absolute atomic E-state index is 11.5. The van der Waals surface area contributed by atoms with Crippen LogP contribution in [-0.2, 0) is 9.59 Å². The van der Waals surface area contributed by atoms with Gasteiger partial charge in [0.2, 0.25) is 5.91 Å². The molecule has 3 aromatic carbocycles. The van der Waals surface area contributed by atoms with E-state index in [0.29, 0.717) is 5.56 Å². The summed E-state index contributed by atoms with van der Waals surface area (Å²) in [4.78, 5) is 22.6. The summed E-state index contributed by atoms with van der Waals surface area (Å²) in [6.45, 7) is 0. The number of fused-ring (bicyclic) bond motifs is 2. The van der Waals surface area contributed by atoms with Crippen LogP contribution in [0.3, 0.4) is 0 Å². The van der Waals surface area contributed by atoms with Gasteiger partial charge in [0, 0.05) is 6.08 Å². The average molecular weight is 291 g/mol. The molecule has 0 unspecified atom stereocenters. The molecule has 108 valence electrons. The lowest BCUT2D eigenvalue weighted by Gasteiger charge is -2.09. The molecule has 0 saturated heterocycles. The highest BCUT2D eigenvalue weighted by atomic mass is 16.4. The molecule has 1 amide bonds. The van der Waals surface area contributed by atoms with Gasteiger partial charge in [0.25, 0.3) is 0 Å². The van der Waals surface area contributed by atoms with Crippen molar-refractivity contribution in [1.29, 1.82) is 0 Å². The third-order valence-electron chi connectivity index (χ3n) is 3.55. The van der Waals surface area contributed by atoms with Gasteiger partial charge in [0.15, 0.2) is 0 Å². The van der Waals surface area contributed by atoms with Crippen molar-refractivity contribution < 1.29 is 14.7 Å². The van der Waals surface area contributed by atoms with Gasteiger partial charge in [-0.2, -0.15) is 0 Å². The predicted octanol–water partition coefficient (Wildman–Crippen LogP) is 2.95. The van der Waals surface area contributed by atoms with Gasteiger partial charge in [-0.05, 0) is 39.2 Å². The molecule has 4 nitrogen and oxygen atoms in total. The summed E-state index contributed by atoms with van der Waals surface area (Å²) in [6, 6.07) is 17.1. The summed E-state index contributed by atoms with van der Waals surface area (Å²) in [5, 5.41) is 13.1. The third kappa shape index (κ3) is 2.42. The Morgan fingerprint density at radius 2 is 1.55 bits per heavy atom. The van der Waals surface area contributed by atoms with Crippen LogP contribution >= 0.6 is 0 Å². The average Bonchev–Trinajstić information content (AvgIpc) is 2.49. The number of benzene rings is 3. The Bertz CT molecular complexity index is 941. The van der Waals surface area contributed by atoms with Crippen molar-refractivity contribution in [3.05, 3.63) is 66.2 Å². The van der Waals surface area contributed by atoms with Gasteiger partial charge in [-0.25, -0.2) is 4.79 Å².